The Hall–Kier alpha value is -2.94. The van der Waals surface area contributed by atoms with Gasteiger partial charge < -0.3 is 10.1 Å². The van der Waals surface area contributed by atoms with Crippen LogP contribution in [0.3, 0.4) is 0 Å². The zero-order valence-electron chi connectivity index (χ0n) is 16.0. The molecule has 1 N–H and O–H groups in total. The Morgan fingerprint density at radius 1 is 1.00 bits per heavy atom. The fourth-order valence-electron chi connectivity index (χ4n) is 2.71. The van der Waals surface area contributed by atoms with E-state index >= 15 is 0 Å². The predicted octanol–water partition coefficient (Wildman–Crippen LogP) is 3.30. The first-order valence-corrected chi connectivity index (χ1v) is 10.7. The molecule has 9 heteroatoms. The summed E-state index contributed by atoms with van der Waals surface area (Å²) in [7, 11) is -2.64. The summed E-state index contributed by atoms with van der Waals surface area (Å²) in [5, 5.41) is 5.03. The maximum absolute atomic E-state index is 12.5. The summed E-state index contributed by atoms with van der Waals surface area (Å²) in [5.41, 5.74) is 0.567. The molecule has 0 aromatic heterocycles. The van der Waals surface area contributed by atoms with Crippen molar-refractivity contribution >= 4 is 50.0 Å². The van der Waals surface area contributed by atoms with E-state index in [1.54, 1.807) is 6.07 Å². The quantitative estimate of drug-likeness (QED) is 0.562. The number of benzene rings is 3. The molecule has 3 aromatic carbocycles. The third kappa shape index (κ3) is 5.35. The van der Waals surface area contributed by atoms with E-state index in [0.29, 0.717) is 10.7 Å². The van der Waals surface area contributed by atoms with Gasteiger partial charge in [0.15, 0.2) is 6.61 Å². The van der Waals surface area contributed by atoms with Gasteiger partial charge in [0.25, 0.3) is 5.91 Å². The van der Waals surface area contributed by atoms with Gasteiger partial charge in [-0.15, -0.1) is 0 Å². The zero-order chi connectivity index (χ0) is 21.7. The average molecular weight is 447 g/mol. The summed E-state index contributed by atoms with van der Waals surface area (Å²) in [6.45, 7) is -1.06. The lowest BCUT2D eigenvalue weighted by molar-refractivity contribution is -0.147. The Kier molecular flexibility index (Phi) is 6.71. The summed E-state index contributed by atoms with van der Waals surface area (Å²) in [6.07, 6.45) is 0. The van der Waals surface area contributed by atoms with Crippen LogP contribution >= 0.6 is 11.6 Å². The molecular weight excluding hydrogens is 428 g/mol. The third-order valence-corrected chi connectivity index (χ3v) is 6.34. The van der Waals surface area contributed by atoms with Crippen LogP contribution in [0.1, 0.15) is 0 Å². The molecule has 0 aliphatic carbocycles. The van der Waals surface area contributed by atoms with Gasteiger partial charge in [-0.2, -0.15) is 4.31 Å². The van der Waals surface area contributed by atoms with Crippen molar-refractivity contribution in [1.82, 2.24) is 4.31 Å². The Labute approximate surface area is 179 Å². The van der Waals surface area contributed by atoms with Crippen LogP contribution in [0, 0.1) is 0 Å². The molecule has 156 valence electrons. The van der Waals surface area contributed by atoms with E-state index in [-0.39, 0.29) is 4.90 Å². The van der Waals surface area contributed by atoms with Crippen LogP contribution in [-0.4, -0.2) is 44.8 Å². The van der Waals surface area contributed by atoms with Gasteiger partial charge in [-0.05, 0) is 47.2 Å². The molecule has 7 nitrogen and oxygen atoms in total. The predicted molar refractivity (Wildman–Crippen MR) is 115 cm³/mol. The van der Waals surface area contributed by atoms with Crippen molar-refractivity contribution in [2.24, 2.45) is 0 Å². The van der Waals surface area contributed by atoms with E-state index in [1.165, 1.54) is 31.3 Å². The molecule has 0 radical (unpaired) electrons. The van der Waals surface area contributed by atoms with Crippen molar-refractivity contribution in [3.8, 4) is 0 Å². The maximum Gasteiger partial charge on any atom is 0.321 e. The number of rotatable bonds is 7. The van der Waals surface area contributed by atoms with Gasteiger partial charge in [0.2, 0.25) is 10.0 Å². The van der Waals surface area contributed by atoms with Gasteiger partial charge in [0, 0.05) is 17.8 Å². The van der Waals surface area contributed by atoms with E-state index in [0.717, 1.165) is 15.1 Å². The molecule has 0 atom stereocenters. The molecule has 3 rings (SSSR count). The Morgan fingerprint density at radius 2 is 1.67 bits per heavy atom. The molecule has 0 heterocycles. The summed E-state index contributed by atoms with van der Waals surface area (Å²) >= 11 is 5.76. The number of hydrogen-bond donors (Lipinski definition) is 1. The van der Waals surface area contributed by atoms with Crippen molar-refractivity contribution in [3.05, 3.63) is 71.8 Å². The first-order chi connectivity index (χ1) is 14.3. The molecule has 0 unspecified atom stereocenters. The Balaban J connectivity index is 1.52. The smallest absolute Gasteiger partial charge is 0.321 e. The van der Waals surface area contributed by atoms with Gasteiger partial charge in [-0.1, -0.05) is 41.9 Å². The van der Waals surface area contributed by atoms with Crippen molar-refractivity contribution < 1.29 is 22.7 Å². The van der Waals surface area contributed by atoms with E-state index in [2.05, 4.69) is 5.32 Å². The number of hydrogen-bond acceptors (Lipinski definition) is 5. The highest BCUT2D eigenvalue weighted by Gasteiger charge is 2.23. The number of carbonyl (C=O) groups excluding carboxylic acids is 2. The van der Waals surface area contributed by atoms with Crippen molar-refractivity contribution in [1.29, 1.82) is 0 Å². The number of esters is 1. The number of carbonyl (C=O) groups is 2. The second-order valence-corrected chi connectivity index (χ2v) is 8.97. The first kappa shape index (κ1) is 21.8. The van der Waals surface area contributed by atoms with Gasteiger partial charge in [0.1, 0.15) is 6.54 Å². The first-order valence-electron chi connectivity index (χ1n) is 8.92. The van der Waals surface area contributed by atoms with E-state index in [9.17, 15) is 18.0 Å². The molecule has 0 aliphatic heterocycles. The number of likely N-dealkylation sites (N-methyl/N-ethyl adjacent to an activating group) is 1. The Bertz CT molecular complexity index is 1180. The minimum absolute atomic E-state index is 0.00347. The van der Waals surface area contributed by atoms with Crippen molar-refractivity contribution in [2.45, 2.75) is 4.90 Å². The molecule has 30 heavy (non-hydrogen) atoms. The second-order valence-electron chi connectivity index (χ2n) is 6.49. The highest BCUT2D eigenvalue weighted by Crippen LogP contribution is 2.19. The lowest BCUT2D eigenvalue weighted by Gasteiger charge is -2.16. The SMILES string of the molecule is CN(CC(=O)OCC(=O)Nc1ccc2ccccc2c1)S(=O)(=O)c1ccc(Cl)cc1. The second kappa shape index (κ2) is 9.25. The van der Waals surface area contributed by atoms with Crippen LogP contribution in [0.2, 0.25) is 5.02 Å². The third-order valence-electron chi connectivity index (χ3n) is 4.27. The molecule has 0 fully saturated rings. The van der Waals surface area contributed by atoms with E-state index in [4.69, 9.17) is 16.3 Å². The largest absolute Gasteiger partial charge is 0.455 e. The molecule has 0 bridgehead atoms. The van der Waals surface area contributed by atoms with Gasteiger partial charge in [-0.3, -0.25) is 9.59 Å². The molecule has 1 amide bonds. The standard InChI is InChI=1S/C21H19ClN2O5S/c1-24(30(27,28)19-10-7-17(22)8-11-19)13-21(26)29-14-20(25)23-18-9-6-15-4-2-3-5-16(15)12-18/h2-12H,13-14H2,1H3,(H,23,25). The number of amides is 1. The molecule has 0 spiro atoms. The molecule has 0 aliphatic rings. The number of fused-ring (bicyclic) bond motifs is 1. The van der Waals surface area contributed by atoms with Gasteiger partial charge in [-0.25, -0.2) is 8.42 Å². The number of halogens is 1. The summed E-state index contributed by atoms with van der Waals surface area (Å²) in [4.78, 5) is 24.0. The number of nitrogens with zero attached hydrogens (tertiary/aromatic N) is 1. The van der Waals surface area contributed by atoms with Crippen LogP contribution in [-0.2, 0) is 24.3 Å². The van der Waals surface area contributed by atoms with Crippen molar-refractivity contribution in [3.63, 3.8) is 0 Å². The Morgan fingerprint density at radius 3 is 2.37 bits per heavy atom. The average Bonchev–Trinajstić information content (AvgIpc) is 2.72. The van der Waals surface area contributed by atoms with Crippen LogP contribution in [0.4, 0.5) is 5.69 Å². The molecule has 3 aromatic rings. The highest BCUT2D eigenvalue weighted by molar-refractivity contribution is 7.89. The van der Waals surface area contributed by atoms with E-state index in [1.807, 2.05) is 36.4 Å². The monoisotopic (exact) mass is 446 g/mol. The minimum Gasteiger partial charge on any atom is -0.455 e. The van der Waals surface area contributed by atoms with Crippen LogP contribution in [0.25, 0.3) is 10.8 Å². The van der Waals surface area contributed by atoms with Crippen LogP contribution in [0.5, 0.6) is 0 Å². The number of anilines is 1. The minimum atomic E-state index is -3.89. The maximum atomic E-state index is 12.5. The lowest BCUT2D eigenvalue weighted by Crippen LogP contribution is -2.34. The molecule has 0 saturated heterocycles. The zero-order valence-corrected chi connectivity index (χ0v) is 17.6. The summed E-state index contributed by atoms with van der Waals surface area (Å²) in [6, 6.07) is 18.7. The fourth-order valence-corrected chi connectivity index (χ4v) is 3.95. The van der Waals surface area contributed by atoms with Crippen LogP contribution < -0.4 is 5.32 Å². The topological polar surface area (TPSA) is 92.8 Å². The molecular formula is C21H19ClN2O5S. The fraction of sp³-hybridized carbons (Fsp3) is 0.143. The number of ether oxygens (including phenoxy) is 1. The van der Waals surface area contributed by atoms with Gasteiger partial charge >= 0.3 is 5.97 Å². The van der Waals surface area contributed by atoms with Crippen molar-refractivity contribution in [2.75, 3.05) is 25.5 Å². The van der Waals surface area contributed by atoms with E-state index < -0.39 is 35.1 Å². The number of nitrogens with one attached hydrogen (secondary N) is 1. The summed E-state index contributed by atoms with van der Waals surface area (Å²) < 4.78 is 30.7. The number of sulfonamides is 1. The summed E-state index contributed by atoms with van der Waals surface area (Å²) in [5.74, 6) is -1.37. The molecule has 0 saturated carbocycles. The van der Waals surface area contributed by atoms with Gasteiger partial charge in [0.05, 0.1) is 4.90 Å². The van der Waals surface area contributed by atoms with Crippen LogP contribution in [0.15, 0.2) is 71.6 Å². The normalized spacial score (nSPS) is 11.4. The lowest BCUT2D eigenvalue weighted by atomic mass is 10.1. The highest BCUT2D eigenvalue weighted by atomic mass is 35.5.